The minimum atomic E-state index is -0.705. The molecule has 1 aliphatic rings. The lowest BCUT2D eigenvalue weighted by Crippen LogP contribution is -2.43. The van der Waals surface area contributed by atoms with Crippen molar-refractivity contribution in [2.45, 2.75) is 32.2 Å². The average Bonchev–Trinajstić information content (AvgIpc) is 2.05. The predicted octanol–water partition coefficient (Wildman–Crippen LogP) is 0.849. The van der Waals surface area contributed by atoms with Crippen molar-refractivity contribution in [2.24, 2.45) is 5.92 Å². The van der Waals surface area contributed by atoms with E-state index in [0.29, 0.717) is 5.92 Å². The lowest BCUT2D eigenvalue weighted by Gasteiger charge is -2.26. The Bertz CT molecular complexity index is 147. The van der Waals surface area contributed by atoms with Gasteiger partial charge < -0.3 is 10.4 Å². The second kappa shape index (κ2) is 3.72. The Hall–Kier alpha value is -0.570. The highest BCUT2D eigenvalue weighted by atomic mass is 16.4. The van der Waals surface area contributed by atoms with Crippen LogP contribution in [0.25, 0.3) is 0 Å². The molecule has 1 aliphatic heterocycles. The lowest BCUT2D eigenvalue weighted by atomic mass is 9.90. The van der Waals surface area contributed by atoms with Gasteiger partial charge in [-0.3, -0.25) is 4.79 Å². The van der Waals surface area contributed by atoms with Crippen LogP contribution in [-0.4, -0.2) is 23.7 Å². The normalized spacial score (nSPS) is 31.7. The van der Waals surface area contributed by atoms with E-state index >= 15 is 0 Å². The van der Waals surface area contributed by atoms with E-state index in [1.807, 2.05) is 0 Å². The van der Waals surface area contributed by atoms with E-state index in [1.165, 1.54) is 0 Å². The molecule has 1 heterocycles. The molecule has 2 N–H and O–H groups in total. The largest absolute Gasteiger partial charge is 0.480 e. The van der Waals surface area contributed by atoms with Crippen LogP contribution in [0.5, 0.6) is 0 Å². The van der Waals surface area contributed by atoms with Gasteiger partial charge in [0.05, 0.1) is 0 Å². The zero-order valence-corrected chi connectivity index (χ0v) is 6.84. The van der Waals surface area contributed by atoms with Gasteiger partial charge in [-0.1, -0.05) is 13.3 Å². The first-order valence-corrected chi connectivity index (χ1v) is 4.20. The molecule has 1 saturated heterocycles. The molecular formula is C8H15NO2. The monoisotopic (exact) mass is 157 g/mol. The molecule has 2 atom stereocenters. The molecule has 11 heavy (non-hydrogen) atoms. The Morgan fingerprint density at radius 2 is 2.45 bits per heavy atom. The molecule has 0 spiro atoms. The fraction of sp³-hybridized carbons (Fsp3) is 0.875. The Labute approximate surface area is 66.8 Å². The zero-order chi connectivity index (χ0) is 8.27. The van der Waals surface area contributed by atoms with Gasteiger partial charge in [0.15, 0.2) is 0 Å². The summed E-state index contributed by atoms with van der Waals surface area (Å²) in [6.07, 6.45) is 3.03. The molecule has 0 amide bonds. The van der Waals surface area contributed by atoms with Crippen LogP contribution in [0, 0.1) is 5.92 Å². The highest BCUT2D eigenvalue weighted by Gasteiger charge is 2.24. The molecule has 0 radical (unpaired) electrons. The third kappa shape index (κ3) is 2.19. The second-order valence-electron chi connectivity index (χ2n) is 3.14. The molecule has 0 saturated carbocycles. The number of carbonyl (C=O) groups is 1. The molecular weight excluding hydrogens is 142 g/mol. The van der Waals surface area contributed by atoms with Gasteiger partial charge in [0.25, 0.3) is 0 Å². The van der Waals surface area contributed by atoms with E-state index in [9.17, 15) is 4.79 Å². The maximum Gasteiger partial charge on any atom is 0.320 e. The van der Waals surface area contributed by atoms with Crippen LogP contribution >= 0.6 is 0 Å². The first kappa shape index (κ1) is 8.53. The molecule has 0 unspecified atom stereocenters. The number of aliphatic carboxylic acids is 1. The van der Waals surface area contributed by atoms with E-state index in [-0.39, 0.29) is 6.04 Å². The molecule has 0 aromatic rings. The molecule has 3 heteroatoms. The third-order valence-corrected chi connectivity index (χ3v) is 2.39. The van der Waals surface area contributed by atoms with Crippen molar-refractivity contribution in [3.8, 4) is 0 Å². The van der Waals surface area contributed by atoms with Crippen molar-refractivity contribution in [1.82, 2.24) is 5.32 Å². The maximum absolute atomic E-state index is 10.6. The molecule has 0 bridgehead atoms. The maximum atomic E-state index is 10.6. The SMILES string of the molecule is CC[C@H]1CCN[C@H](C(=O)O)C1. The lowest BCUT2D eigenvalue weighted by molar-refractivity contribution is -0.140. The standard InChI is InChI=1S/C8H15NO2/c1-2-6-3-4-9-7(5-6)8(10)11/h6-7,9H,2-5H2,1H3,(H,10,11)/t6-,7-/m0/s1. The van der Waals surface area contributed by atoms with Crippen LogP contribution < -0.4 is 5.32 Å². The van der Waals surface area contributed by atoms with Crippen LogP contribution in [0.3, 0.4) is 0 Å². The summed E-state index contributed by atoms with van der Waals surface area (Å²) in [4.78, 5) is 10.6. The number of hydrogen-bond donors (Lipinski definition) is 2. The number of nitrogens with one attached hydrogen (secondary N) is 1. The second-order valence-corrected chi connectivity index (χ2v) is 3.14. The van der Waals surface area contributed by atoms with Crippen LogP contribution in [-0.2, 0) is 4.79 Å². The van der Waals surface area contributed by atoms with E-state index in [0.717, 1.165) is 25.8 Å². The molecule has 0 aromatic carbocycles. The van der Waals surface area contributed by atoms with Crippen molar-refractivity contribution >= 4 is 5.97 Å². The topological polar surface area (TPSA) is 49.3 Å². The van der Waals surface area contributed by atoms with E-state index in [1.54, 1.807) is 0 Å². The van der Waals surface area contributed by atoms with E-state index in [4.69, 9.17) is 5.11 Å². The summed E-state index contributed by atoms with van der Waals surface area (Å²) in [7, 11) is 0. The molecule has 1 fully saturated rings. The number of carboxylic acids is 1. The van der Waals surface area contributed by atoms with Gasteiger partial charge in [-0.25, -0.2) is 0 Å². The van der Waals surface area contributed by atoms with Crippen LogP contribution in [0.2, 0.25) is 0 Å². The molecule has 64 valence electrons. The summed E-state index contributed by atoms with van der Waals surface area (Å²) in [5.74, 6) is -0.0968. The number of hydrogen-bond acceptors (Lipinski definition) is 2. The van der Waals surface area contributed by atoms with E-state index in [2.05, 4.69) is 12.2 Å². The zero-order valence-electron chi connectivity index (χ0n) is 6.84. The summed E-state index contributed by atoms with van der Waals surface area (Å²) in [5.41, 5.74) is 0. The predicted molar refractivity (Wildman–Crippen MR) is 42.4 cm³/mol. The van der Waals surface area contributed by atoms with Crippen molar-refractivity contribution in [3.05, 3.63) is 0 Å². The highest BCUT2D eigenvalue weighted by molar-refractivity contribution is 5.73. The molecule has 0 aromatic heterocycles. The summed E-state index contributed by atoms with van der Waals surface area (Å²) < 4.78 is 0. The molecule has 1 rings (SSSR count). The van der Waals surface area contributed by atoms with Gasteiger partial charge in [0, 0.05) is 0 Å². The highest BCUT2D eigenvalue weighted by Crippen LogP contribution is 2.18. The van der Waals surface area contributed by atoms with Gasteiger partial charge in [0.2, 0.25) is 0 Å². The Balaban J connectivity index is 2.39. The van der Waals surface area contributed by atoms with Gasteiger partial charge in [-0.15, -0.1) is 0 Å². The number of carboxylic acid groups (broad SMARTS) is 1. The third-order valence-electron chi connectivity index (χ3n) is 2.39. The first-order chi connectivity index (χ1) is 5.24. The quantitative estimate of drug-likeness (QED) is 0.624. The molecule has 3 nitrogen and oxygen atoms in total. The van der Waals surface area contributed by atoms with Gasteiger partial charge >= 0.3 is 5.97 Å². The van der Waals surface area contributed by atoms with Gasteiger partial charge in [-0.05, 0) is 25.3 Å². The first-order valence-electron chi connectivity index (χ1n) is 4.20. The van der Waals surface area contributed by atoms with Crippen molar-refractivity contribution in [1.29, 1.82) is 0 Å². The van der Waals surface area contributed by atoms with Crippen LogP contribution in [0.15, 0.2) is 0 Å². The smallest absolute Gasteiger partial charge is 0.320 e. The minimum absolute atomic E-state index is 0.298. The fourth-order valence-electron chi connectivity index (χ4n) is 1.56. The van der Waals surface area contributed by atoms with Crippen molar-refractivity contribution in [2.75, 3.05) is 6.54 Å². The van der Waals surface area contributed by atoms with Crippen LogP contribution in [0.4, 0.5) is 0 Å². The molecule has 0 aliphatic carbocycles. The average molecular weight is 157 g/mol. The van der Waals surface area contributed by atoms with Gasteiger partial charge in [-0.2, -0.15) is 0 Å². The Morgan fingerprint density at radius 1 is 1.73 bits per heavy atom. The summed E-state index contributed by atoms with van der Waals surface area (Å²) in [5, 5.41) is 11.7. The van der Waals surface area contributed by atoms with Crippen LogP contribution in [0.1, 0.15) is 26.2 Å². The summed E-state index contributed by atoms with van der Waals surface area (Å²) in [6, 6.07) is -0.298. The number of piperidine rings is 1. The minimum Gasteiger partial charge on any atom is -0.480 e. The fourth-order valence-corrected chi connectivity index (χ4v) is 1.56. The van der Waals surface area contributed by atoms with Gasteiger partial charge in [0.1, 0.15) is 6.04 Å². The Kier molecular flexibility index (Phi) is 2.88. The van der Waals surface area contributed by atoms with Crippen molar-refractivity contribution in [3.63, 3.8) is 0 Å². The Morgan fingerprint density at radius 3 is 3.00 bits per heavy atom. The summed E-state index contributed by atoms with van der Waals surface area (Å²) >= 11 is 0. The summed E-state index contributed by atoms with van der Waals surface area (Å²) in [6.45, 7) is 2.98. The number of rotatable bonds is 2. The van der Waals surface area contributed by atoms with Crippen molar-refractivity contribution < 1.29 is 9.90 Å². The van der Waals surface area contributed by atoms with E-state index < -0.39 is 5.97 Å².